The molecule has 1 unspecified atom stereocenters. The van der Waals surface area contributed by atoms with E-state index in [-0.39, 0.29) is 0 Å². The highest BCUT2D eigenvalue weighted by Gasteiger charge is 2.24. The number of nitrogens with zero attached hydrogens (tertiary/aromatic N) is 3. The Morgan fingerprint density at radius 2 is 2.04 bits per heavy atom. The lowest BCUT2D eigenvalue weighted by atomic mass is 10.0. The van der Waals surface area contributed by atoms with Crippen LogP contribution in [0, 0.1) is 0 Å². The summed E-state index contributed by atoms with van der Waals surface area (Å²) < 4.78 is 13.7. The van der Waals surface area contributed by atoms with Gasteiger partial charge in [0.1, 0.15) is 18.2 Å². The normalized spacial score (nSPS) is 16.5. The van der Waals surface area contributed by atoms with Gasteiger partial charge in [-0.3, -0.25) is 9.38 Å². The van der Waals surface area contributed by atoms with E-state index in [1.165, 1.54) is 0 Å². The third-order valence-electron chi connectivity index (χ3n) is 5.13. The van der Waals surface area contributed by atoms with Crippen LogP contribution >= 0.6 is 0 Å². The van der Waals surface area contributed by atoms with Gasteiger partial charge in [0.05, 0.1) is 24.0 Å². The summed E-state index contributed by atoms with van der Waals surface area (Å²) in [6.07, 6.45) is 6.65. The van der Waals surface area contributed by atoms with Crippen molar-refractivity contribution in [1.82, 2.24) is 14.4 Å². The molecule has 1 aliphatic rings. The van der Waals surface area contributed by atoms with Gasteiger partial charge in [0.2, 0.25) is 0 Å². The van der Waals surface area contributed by atoms with Gasteiger partial charge in [-0.25, -0.2) is 4.98 Å². The van der Waals surface area contributed by atoms with Crippen LogP contribution in [0.2, 0.25) is 0 Å². The Bertz CT molecular complexity index is 1090. The van der Waals surface area contributed by atoms with Crippen molar-refractivity contribution in [3.05, 3.63) is 84.4 Å². The Hall–Kier alpha value is -3.18. The standard InChI is InChI=1S/C23H21N3O2/c1-2-5-17(6-3-1)15-28-20-8-4-7-18(13-20)23-25-22(19-9-12-27-16-19)21-14-24-10-11-26(21)23/h1-8,10-11,13-14,19H,9,12,15-16H2. The quantitative estimate of drug-likeness (QED) is 0.519. The number of aromatic nitrogens is 3. The molecule has 0 spiro atoms. The average Bonchev–Trinajstić information content (AvgIpc) is 3.41. The number of rotatable bonds is 5. The summed E-state index contributed by atoms with van der Waals surface area (Å²) in [5, 5.41) is 0. The van der Waals surface area contributed by atoms with Gasteiger partial charge in [-0.2, -0.15) is 0 Å². The van der Waals surface area contributed by atoms with Crippen molar-refractivity contribution in [1.29, 1.82) is 0 Å². The van der Waals surface area contributed by atoms with Gasteiger partial charge in [0.25, 0.3) is 0 Å². The maximum Gasteiger partial charge on any atom is 0.145 e. The summed E-state index contributed by atoms with van der Waals surface area (Å²) in [6.45, 7) is 2.06. The fourth-order valence-corrected chi connectivity index (χ4v) is 3.68. The predicted octanol–water partition coefficient (Wildman–Crippen LogP) is 4.48. The molecular weight excluding hydrogens is 350 g/mol. The number of hydrogen-bond acceptors (Lipinski definition) is 4. The van der Waals surface area contributed by atoms with Crippen LogP contribution in [-0.4, -0.2) is 27.6 Å². The van der Waals surface area contributed by atoms with Crippen molar-refractivity contribution in [2.24, 2.45) is 0 Å². The molecular formula is C23H21N3O2. The summed E-state index contributed by atoms with van der Waals surface area (Å²) in [6, 6.07) is 18.3. The molecule has 140 valence electrons. The molecule has 0 radical (unpaired) electrons. The molecule has 0 saturated carbocycles. The maximum atomic E-state index is 6.00. The van der Waals surface area contributed by atoms with Crippen LogP contribution in [-0.2, 0) is 11.3 Å². The van der Waals surface area contributed by atoms with Crippen LogP contribution < -0.4 is 4.74 Å². The lowest BCUT2D eigenvalue weighted by Gasteiger charge is -2.08. The van der Waals surface area contributed by atoms with Crippen LogP contribution in [0.4, 0.5) is 0 Å². The van der Waals surface area contributed by atoms with Gasteiger partial charge in [-0.1, -0.05) is 42.5 Å². The van der Waals surface area contributed by atoms with E-state index in [0.717, 1.165) is 53.5 Å². The highest BCUT2D eigenvalue weighted by atomic mass is 16.5. The second-order valence-corrected chi connectivity index (χ2v) is 7.01. The van der Waals surface area contributed by atoms with Gasteiger partial charge >= 0.3 is 0 Å². The van der Waals surface area contributed by atoms with Gasteiger partial charge < -0.3 is 9.47 Å². The summed E-state index contributed by atoms with van der Waals surface area (Å²) in [7, 11) is 0. The van der Waals surface area contributed by atoms with Crippen molar-refractivity contribution >= 4 is 5.52 Å². The van der Waals surface area contributed by atoms with Gasteiger partial charge in [-0.15, -0.1) is 0 Å². The molecule has 0 N–H and O–H groups in total. The van der Waals surface area contributed by atoms with Crippen LogP contribution in [0.1, 0.15) is 23.6 Å². The first-order chi connectivity index (χ1) is 13.9. The summed E-state index contributed by atoms with van der Waals surface area (Å²) in [5.41, 5.74) is 4.28. The van der Waals surface area contributed by atoms with Crippen LogP contribution in [0.15, 0.2) is 73.2 Å². The molecule has 0 amide bonds. The minimum atomic E-state index is 0.325. The first-order valence-electron chi connectivity index (χ1n) is 9.55. The first-order valence-corrected chi connectivity index (χ1v) is 9.55. The number of hydrogen-bond donors (Lipinski definition) is 0. The van der Waals surface area contributed by atoms with Crippen molar-refractivity contribution in [3.63, 3.8) is 0 Å². The van der Waals surface area contributed by atoms with E-state index in [2.05, 4.69) is 27.6 Å². The maximum absolute atomic E-state index is 6.00. The van der Waals surface area contributed by atoms with Gasteiger partial charge in [0.15, 0.2) is 0 Å². The SMILES string of the molecule is c1ccc(COc2cccc(-c3nc(C4CCOC4)c4cnccn34)c2)cc1. The first kappa shape index (κ1) is 17.0. The molecule has 1 atom stereocenters. The van der Waals surface area contributed by atoms with Gasteiger partial charge in [0, 0.05) is 30.5 Å². The third-order valence-corrected chi connectivity index (χ3v) is 5.13. The summed E-state index contributed by atoms with van der Waals surface area (Å²) >= 11 is 0. The largest absolute Gasteiger partial charge is 0.489 e. The van der Waals surface area contributed by atoms with Crippen molar-refractivity contribution in [3.8, 4) is 17.1 Å². The Balaban J connectivity index is 1.48. The second-order valence-electron chi connectivity index (χ2n) is 7.01. The molecule has 2 aromatic carbocycles. The van der Waals surface area contributed by atoms with E-state index in [4.69, 9.17) is 14.5 Å². The molecule has 4 aromatic rings. The van der Waals surface area contributed by atoms with Crippen molar-refractivity contribution in [2.75, 3.05) is 13.2 Å². The van der Waals surface area contributed by atoms with E-state index >= 15 is 0 Å². The number of imidazole rings is 1. The van der Waals surface area contributed by atoms with E-state index < -0.39 is 0 Å². The zero-order valence-electron chi connectivity index (χ0n) is 15.5. The average molecular weight is 371 g/mol. The Kier molecular flexibility index (Phi) is 4.51. The summed E-state index contributed by atoms with van der Waals surface area (Å²) in [4.78, 5) is 9.29. The molecule has 1 saturated heterocycles. The smallest absolute Gasteiger partial charge is 0.145 e. The molecule has 5 nitrogen and oxygen atoms in total. The molecule has 1 fully saturated rings. The Morgan fingerprint density at radius 1 is 1.11 bits per heavy atom. The van der Waals surface area contributed by atoms with E-state index in [9.17, 15) is 0 Å². The van der Waals surface area contributed by atoms with Crippen LogP contribution in [0.25, 0.3) is 16.9 Å². The monoisotopic (exact) mass is 371 g/mol. The number of ether oxygens (including phenoxy) is 2. The zero-order chi connectivity index (χ0) is 18.8. The van der Waals surface area contributed by atoms with E-state index in [1.807, 2.05) is 48.8 Å². The molecule has 0 bridgehead atoms. The summed E-state index contributed by atoms with van der Waals surface area (Å²) in [5.74, 6) is 2.06. The Morgan fingerprint density at radius 3 is 2.89 bits per heavy atom. The number of fused-ring (bicyclic) bond motifs is 1. The molecule has 5 heteroatoms. The highest BCUT2D eigenvalue weighted by molar-refractivity contribution is 5.66. The molecule has 0 aliphatic carbocycles. The molecule has 5 rings (SSSR count). The minimum absolute atomic E-state index is 0.325. The predicted molar refractivity (Wildman–Crippen MR) is 107 cm³/mol. The fourth-order valence-electron chi connectivity index (χ4n) is 3.68. The highest BCUT2D eigenvalue weighted by Crippen LogP contribution is 2.32. The fraction of sp³-hybridized carbons (Fsp3) is 0.217. The lowest BCUT2D eigenvalue weighted by molar-refractivity contribution is 0.193. The lowest BCUT2D eigenvalue weighted by Crippen LogP contribution is -1.98. The molecule has 3 heterocycles. The zero-order valence-corrected chi connectivity index (χ0v) is 15.5. The van der Waals surface area contributed by atoms with Crippen molar-refractivity contribution in [2.45, 2.75) is 18.9 Å². The number of benzene rings is 2. The Labute approximate surface area is 163 Å². The molecule has 2 aromatic heterocycles. The second kappa shape index (κ2) is 7.44. The third kappa shape index (κ3) is 3.25. The topological polar surface area (TPSA) is 48.7 Å². The molecule has 28 heavy (non-hydrogen) atoms. The van der Waals surface area contributed by atoms with Crippen LogP contribution in [0.5, 0.6) is 5.75 Å². The van der Waals surface area contributed by atoms with Gasteiger partial charge in [-0.05, 0) is 24.1 Å². The van der Waals surface area contributed by atoms with Crippen LogP contribution in [0.3, 0.4) is 0 Å². The molecule has 1 aliphatic heterocycles. The minimum Gasteiger partial charge on any atom is -0.489 e. The van der Waals surface area contributed by atoms with E-state index in [0.29, 0.717) is 12.5 Å². The van der Waals surface area contributed by atoms with E-state index in [1.54, 1.807) is 6.20 Å². The van der Waals surface area contributed by atoms with Crippen molar-refractivity contribution < 1.29 is 9.47 Å².